The summed E-state index contributed by atoms with van der Waals surface area (Å²) in [7, 11) is 0. The Morgan fingerprint density at radius 2 is 2.05 bits per heavy atom. The summed E-state index contributed by atoms with van der Waals surface area (Å²) in [4.78, 5) is 23.2. The first-order valence-electron chi connectivity index (χ1n) is 6.11. The van der Waals surface area contributed by atoms with E-state index in [2.05, 4.69) is 17.4 Å². The van der Waals surface area contributed by atoms with Gasteiger partial charge in [0.1, 0.15) is 12.4 Å². The molecule has 0 heterocycles. The Morgan fingerprint density at radius 3 is 2.74 bits per heavy atom. The molecule has 0 spiro atoms. The minimum Gasteiger partial charge on any atom is -0.489 e. The van der Waals surface area contributed by atoms with Crippen LogP contribution in [0, 0.1) is 0 Å². The highest BCUT2D eigenvalue weighted by molar-refractivity contribution is 5.97. The molecule has 2 amide bonds. The zero-order valence-corrected chi connectivity index (χ0v) is 10.9. The van der Waals surface area contributed by atoms with Crippen LogP contribution < -0.4 is 15.6 Å². The summed E-state index contributed by atoms with van der Waals surface area (Å²) in [5, 5.41) is 0. The lowest BCUT2D eigenvalue weighted by molar-refractivity contribution is -0.121. The molecular formula is C14H18N2O3. The highest BCUT2D eigenvalue weighted by Crippen LogP contribution is 2.17. The Hall–Kier alpha value is -2.30. The first kappa shape index (κ1) is 14.8. The summed E-state index contributed by atoms with van der Waals surface area (Å²) < 4.78 is 5.37. The van der Waals surface area contributed by atoms with E-state index in [0.29, 0.717) is 24.3 Å². The van der Waals surface area contributed by atoms with Crippen molar-refractivity contribution in [3.8, 4) is 5.75 Å². The molecule has 5 heteroatoms. The summed E-state index contributed by atoms with van der Waals surface area (Å²) >= 11 is 0. The van der Waals surface area contributed by atoms with Crippen LogP contribution in [0.4, 0.5) is 0 Å². The molecule has 0 aliphatic heterocycles. The minimum absolute atomic E-state index is 0.222. The van der Waals surface area contributed by atoms with Crippen LogP contribution in [0.15, 0.2) is 36.9 Å². The van der Waals surface area contributed by atoms with Crippen molar-refractivity contribution in [2.75, 3.05) is 6.61 Å². The van der Waals surface area contributed by atoms with Crippen molar-refractivity contribution < 1.29 is 14.3 Å². The second-order valence-electron chi connectivity index (χ2n) is 3.85. The maximum atomic E-state index is 11.9. The minimum atomic E-state index is -0.413. The van der Waals surface area contributed by atoms with Crippen LogP contribution in [0.1, 0.15) is 30.1 Å². The van der Waals surface area contributed by atoms with Crippen molar-refractivity contribution in [3.05, 3.63) is 42.5 Å². The van der Waals surface area contributed by atoms with Crippen LogP contribution in [0.5, 0.6) is 5.75 Å². The van der Waals surface area contributed by atoms with E-state index in [1.54, 1.807) is 30.3 Å². The average Bonchev–Trinajstić information content (AvgIpc) is 2.43. The molecule has 0 bridgehead atoms. The normalized spacial score (nSPS) is 9.53. The van der Waals surface area contributed by atoms with Crippen LogP contribution in [0.25, 0.3) is 0 Å². The molecule has 5 nitrogen and oxygen atoms in total. The van der Waals surface area contributed by atoms with Gasteiger partial charge in [0.2, 0.25) is 5.91 Å². The van der Waals surface area contributed by atoms with Crippen molar-refractivity contribution >= 4 is 11.8 Å². The highest BCUT2D eigenvalue weighted by Gasteiger charge is 2.12. The number of carbonyl (C=O) groups excluding carboxylic acids is 2. The van der Waals surface area contributed by atoms with Gasteiger partial charge in [-0.05, 0) is 18.6 Å². The van der Waals surface area contributed by atoms with Gasteiger partial charge in [0.05, 0.1) is 5.56 Å². The molecule has 0 unspecified atom stereocenters. The van der Waals surface area contributed by atoms with Crippen molar-refractivity contribution in [2.45, 2.75) is 19.8 Å². The number of hydrogen-bond donors (Lipinski definition) is 2. The second-order valence-corrected chi connectivity index (χ2v) is 3.85. The lowest BCUT2D eigenvalue weighted by atomic mass is 10.2. The van der Waals surface area contributed by atoms with Crippen LogP contribution in [-0.4, -0.2) is 18.4 Å². The monoisotopic (exact) mass is 262 g/mol. The predicted molar refractivity (Wildman–Crippen MR) is 72.7 cm³/mol. The third-order valence-corrected chi connectivity index (χ3v) is 2.28. The van der Waals surface area contributed by atoms with Gasteiger partial charge in [-0.1, -0.05) is 31.7 Å². The van der Waals surface area contributed by atoms with Gasteiger partial charge in [-0.25, -0.2) is 0 Å². The van der Waals surface area contributed by atoms with Gasteiger partial charge in [-0.15, -0.1) is 0 Å². The summed E-state index contributed by atoms with van der Waals surface area (Å²) in [5.74, 6) is -0.186. The predicted octanol–water partition coefficient (Wildman–Crippen LogP) is 1.81. The van der Waals surface area contributed by atoms with E-state index in [1.807, 2.05) is 6.92 Å². The van der Waals surface area contributed by atoms with Gasteiger partial charge in [-0.3, -0.25) is 20.4 Å². The number of carbonyl (C=O) groups is 2. The van der Waals surface area contributed by atoms with Crippen LogP contribution in [0.2, 0.25) is 0 Å². The molecule has 1 aromatic rings. The topological polar surface area (TPSA) is 67.4 Å². The lowest BCUT2D eigenvalue weighted by Gasteiger charge is -2.11. The molecule has 0 radical (unpaired) electrons. The molecule has 1 rings (SSSR count). The molecule has 0 aromatic heterocycles. The first-order chi connectivity index (χ1) is 9.19. The van der Waals surface area contributed by atoms with Gasteiger partial charge in [0.15, 0.2) is 0 Å². The average molecular weight is 262 g/mol. The standard InChI is InChI=1S/C14H18N2O3/c1-3-7-13(17)15-16-14(18)11-8-5-6-9-12(11)19-10-4-2/h4-6,8-9H,2-3,7,10H2,1H3,(H,15,17)(H,16,18). The van der Waals surface area contributed by atoms with Gasteiger partial charge >= 0.3 is 0 Å². The van der Waals surface area contributed by atoms with Gasteiger partial charge in [0.25, 0.3) is 5.91 Å². The number of rotatable bonds is 6. The van der Waals surface area contributed by atoms with E-state index >= 15 is 0 Å². The second kappa shape index (κ2) is 7.92. The van der Waals surface area contributed by atoms with Crippen LogP contribution in [0.3, 0.4) is 0 Å². The lowest BCUT2D eigenvalue weighted by Crippen LogP contribution is -2.41. The Balaban J connectivity index is 2.65. The van der Waals surface area contributed by atoms with Crippen molar-refractivity contribution in [3.63, 3.8) is 0 Å². The van der Waals surface area contributed by atoms with E-state index in [1.165, 1.54) is 0 Å². The largest absolute Gasteiger partial charge is 0.489 e. The van der Waals surface area contributed by atoms with E-state index < -0.39 is 5.91 Å². The smallest absolute Gasteiger partial charge is 0.273 e. The zero-order valence-electron chi connectivity index (χ0n) is 10.9. The Labute approximate surface area is 112 Å². The number of hydrogen-bond acceptors (Lipinski definition) is 3. The van der Waals surface area contributed by atoms with E-state index in [4.69, 9.17) is 4.74 Å². The summed E-state index contributed by atoms with van der Waals surface area (Å²) in [6.07, 6.45) is 2.69. The molecule has 0 saturated carbocycles. The number of benzene rings is 1. The molecule has 0 fully saturated rings. The molecule has 19 heavy (non-hydrogen) atoms. The van der Waals surface area contributed by atoms with Gasteiger partial charge in [-0.2, -0.15) is 0 Å². The SMILES string of the molecule is C=CCOc1ccccc1C(=O)NNC(=O)CCC. The summed E-state index contributed by atoms with van der Waals surface area (Å²) in [5.41, 5.74) is 5.07. The zero-order chi connectivity index (χ0) is 14.1. The third-order valence-electron chi connectivity index (χ3n) is 2.28. The Kier molecular flexibility index (Phi) is 6.15. The number of hydrazine groups is 1. The number of amides is 2. The fourth-order valence-electron chi connectivity index (χ4n) is 1.41. The fraction of sp³-hybridized carbons (Fsp3) is 0.286. The van der Waals surface area contributed by atoms with Gasteiger partial charge in [0, 0.05) is 6.42 Å². The Bertz CT molecular complexity index is 458. The van der Waals surface area contributed by atoms with Crippen molar-refractivity contribution in [2.24, 2.45) is 0 Å². The molecular weight excluding hydrogens is 244 g/mol. The first-order valence-corrected chi connectivity index (χ1v) is 6.11. The molecule has 0 saturated heterocycles. The maximum Gasteiger partial charge on any atom is 0.273 e. The van der Waals surface area contributed by atoms with Crippen molar-refractivity contribution in [1.82, 2.24) is 10.9 Å². The van der Waals surface area contributed by atoms with E-state index in [-0.39, 0.29) is 5.91 Å². The van der Waals surface area contributed by atoms with E-state index in [9.17, 15) is 9.59 Å². The molecule has 102 valence electrons. The van der Waals surface area contributed by atoms with E-state index in [0.717, 1.165) is 6.42 Å². The van der Waals surface area contributed by atoms with Crippen LogP contribution in [-0.2, 0) is 4.79 Å². The maximum absolute atomic E-state index is 11.9. The summed E-state index contributed by atoms with van der Waals surface area (Å²) in [6, 6.07) is 6.81. The molecule has 0 aliphatic rings. The quantitative estimate of drug-likeness (QED) is 0.607. The third kappa shape index (κ3) is 4.83. The fourth-order valence-corrected chi connectivity index (χ4v) is 1.41. The number of ether oxygens (including phenoxy) is 1. The molecule has 0 atom stereocenters. The van der Waals surface area contributed by atoms with Crippen molar-refractivity contribution in [1.29, 1.82) is 0 Å². The Morgan fingerprint density at radius 1 is 1.32 bits per heavy atom. The summed E-state index contributed by atoms with van der Waals surface area (Å²) in [6.45, 7) is 5.75. The van der Waals surface area contributed by atoms with Gasteiger partial charge < -0.3 is 4.74 Å². The molecule has 2 N–H and O–H groups in total. The van der Waals surface area contributed by atoms with Crippen LogP contribution >= 0.6 is 0 Å². The molecule has 0 aliphatic carbocycles. The number of para-hydroxylation sites is 1. The highest BCUT2D eigenvalue weighted by atomic mass is 16.5. The number of nitrogens with one attached hydrogen (secondary N) is 2. The molecule has 1 aromatic carbocycles.